The number of rotatable bonds is 19. The molecular weight excluding hydrogens is 447 g/mol. The summed E-state index contributed by atoms with van der Waals surface area (Å²) >= 11 is 2.56. The van der Waals surface area contributed by atoms with Crippen molar-refractivity contribution in [3.05, 3.63) is 0 Å². The second-order valence-corrected chi connectivity index (χ2v) is 11.4. The van der Waals surface area contributed by atoms with Crippen LogP contribution in [0, 0.1) is 23.7 Å². The molecule has 0 amide bonds. The Labute approximate surface area is 185 Å². The third kappa shape index (κ3) is 19.7. The molecule has 0 aliphatic rings. The van der Waals surface area contributed by atoms with Crippen LogP contribution in [0.3, 0.4) is 0 Å². The predicted octanol–water partition coefficient (Wildman–Crippen LogP) is 8.27. The lowest BCUT2D eigenvalue weighted by molar-refractivity contribution is -0.0561. The van der Waals surface area contributed by atoms with Crippen molar-refractivity contribution < 1.29 is 9.47 Å². The predicted molar refractivity (Wildman–Crippen MR) is 129 cm³/mol. The Kier molecular flexibility index (Phi) is 19.1. The fourth-order valence-electron chi connectivity index (χ4n) is 4.36. The SMILES string of the molecule is CCCCCCOCOCCCC(C)CC(C)CC(C)CC(C)CC(C)I. The van der Waals surface area contributed by atoms with Crippen LogP contribution in [0.15, 0.2) is 0 Å². The van der Waals surface area contributed by atoms with Gasteiger partial charge in [-0.05, 0) is 68.6 Å². The first kappa shape index (κ1) is 27.6. The van der Waals surface area contributed by atoms with Crippen LogP contribution in [-0.2, 0) is 9.47 Å². The summed E-state index contributed by atoms with van der Waals surface area (Å²) in [5.74, 6) is 3.36. The van der Waals surface area contributed by atoms with Crippen LogP contribution in [0.5, 0.6) is 0 Å². The van der Waals surface area contributed by atoms with Crippen molar-refractivity contribution in [2.45, 2.75) is 110 Å². The largest absolute Gasteiger partial charge is 0.355 e. The van der Waals surface area contributed by atoms with Crippen LogP contribution in [0.4, 0.5) is 0 Å². The fraction of sp³-hybridized carbons (Fsp3) is 1.00. The Morgan fingerprint density at radius 3 is 1.70 bits per heavy atom. The van der Waals surface area contributed by atoms with E-state index < -0.39 is 0 Å². The number of hydrogen-bond acceptors (Lipinski definition) is 2. The third-order valence-electron chi connectivity index (χ3n) is 5.44. The highest BCUT2D eigenvalue weighted by Crippen LogP contribution is 2.27. The molecule has 3 heteroatoms. The number of halogens is 1. The van der Waals surface area contributed by atoms with Crippen LogP contribution in [0.25, 0.3) is 0 Å². The zero-order valence-corrected chi connectivity index (χ0v) is 21.4. The van der Waals surface area contributed by atoms with Crippen molar-refractivity contribution in [3.63, 3.8) is 0 Å². The minimum absolute atomic E-state index is 0.475. The summed E-state index contributed by atoms with van der Waals surface area (Å²) < 4.78 is 11.9. The zero-order valence-electron chi connectivity index (χ0n) is 19.3. The molecule has 0 aliphatic carbocycles. The van der Waals surface area contributed by atoms with Crippen molar-refractivity contribution in [2.75, 3.05) is 20.0 Å². The molecule has 2 nitrogen and oxygen atoms in total. The maximum atomic E-state index is 5.61. The maximum absolute atomic E-state index is 5.61. The van der Waals surface area contributed by atoms with Crippen LogP contribution in [0.1, 0.15) is 106 Å². The van der Waals surface area contributed by atoms with Gasteiger partial charge in [-0.1, -0.05) is 83.4 Å². The Balaban J connectivity index is 3.58. The highest BCUT2D eigenvalue weighted by Gasteiger charge is 2.15. The third-order valence-corrected chi connectivity index (χ3v) is 5.94. The van der Waals surface area contributed by atoms with Crippen molar-refractivity contribution in [1.29, 1.82) is 0 Å². The number of alkyl halides is 1. The van der Waals surface area contributed by atoms with Gasteiger partial charge in [-0.3, -0.25) is 0 Å². The first-order chi connectivity index (χ1) is 12.8. The van der Waals surface area contributed by atoms with E-state index in [1.807, 2.05) is 0 Å². The fourth-order valence-corrected chi connectivity index (χ4v) is 5.23. The van der Waals surface area contributed by atoms with Crippen LogP contribution >= 0.6 is 22.6 Å². The van der Waals surface area contributed by atoms with Crippen molar-refractivity contribution in [1.82, 2.24) is 0 Å². The highest BCUT2D eigenvalue weighted by atomic mass is 127. The minimum atomic E-state index is 0.475. The van der Waals surface area contributed by atoms with E-state index in [-0.39, 0.29) is 0 Å². The van der Waals surface area contributed by atoms with Gasteiger partial charge in [-0.25, -0.2) is 0 Å². The van der Waals surface area contributed by atoms with Gasteiger partial charge >= 0.3 is 0 Å². The van der Waals surface area contributed by atoms with E-state index in [2.05, 4.69) is 64.1 Å². The Hall–Kier alpha value is 0.650. The molecule has 0 bridgehead atoms. The number of ether oxygens (including phenoxy) is 2. The van der Waals surface area contributed by atoms with Crippen LogP contribution < -0.4 is 0 Å². The second kappa shape index (κ2) is 18.7. The van der Waals surface area contributed by atoms with Crippen LogP contribution in [0.2, 0.25) is 0 Å². The standard InChI is InChI=1S/C24H49IO2/c1-7-8-9-10-13-26-19-27-14-11-12-20(2)15-21(3)16-22(4)17-23(5)18-24(6)25/h20-24H,7-19H2,1-6H3. The molecule has 0 rings (SSSR count). The Morgan fingerprint density at radius 1 is 0.630 bits per heavy atom. The summed E-state index contributed by atoms with van der Waals surface area (Å²) in [5.41, 5.74) is 0. The second-order valence-electron chi connectivity index (χ2n) is 9.28. The smallest absolute Gasteiger partial charge is 0.146 e. The maximum Gasteiger partial charge on any atom is 0.146 e. The summed E-state index contributed by atoms with van der Waals surface area (Å²) in [5, 5.41) is 0. The molecular formula is C24H49IO2. The van der Waals surface area contributed by atoms with E-state index in [0.29, 0.717) is 6.79 Å². The van der Waals surface area contributed by atoms with E-state index in [0.717, 1.165) is 47.2 Å². The molecule has 0 aromatic heterocycles. The Morgan fingerprint density at radius 2 is 1.15 bits per heavy atom. The first-order valence-electron chi connectivity index (χ1n) is 11.6. The lowest BCUT2D eigenvalue weighted by Gasteiger charge is -2.23. The van der Waals surface area contributed by atoms with Gasteiger partial charge in [0, 0.05) is 17.1 Å². The molecule has 0 heterocycles. The zero-order chi connectivity index (χ0) is 20.5. The lowest BCUT2D eigenvalue weighted by Crippen LogP contribution is -2.12. The number of unbranched alkanes of at least 4 members (excludes halogenated alkanes) is 3. The molecule has 0 radical (unpaired) electrons. The van der Waals surface area contributed by atoms with E-state index >= 15 is 0 Å². The van der Waals surface area contributed by atoms with Gasteiger partial charge in [-0.15, -0.1) is 0 Å². The summed E-state index contributed by atoms with van der Waals surface area (Å²) in [7, 11) is 0. The summed E-state index contributed by atoms with van der Waals surface area (Å²) in [4.78, 5) is 0. The molecule has 5 atom stereocenters. The van der Waals surface area contributed by atoms with Crippen LogP contribution in [-0.4, -0.2) is 23.9 Å². The summed E-state index contributed by atoms with van der Waals surface area (Å²) in [6.07, 6.45) is 13.0. The van der Waals surface area contributed by atoms with Crippen molar-refractivity contribution in [3.8, 4) is 0 Å². The monoisotopic (exact) mass is 496 g/mol. The average molecular weight is 497 g/mol. The quantitative estimate of drug-likeness (QED) is 0.0776. The molecule has 0 fully saturated rings. The topological polar surface area (TPSA) is 18.5 Å². The van der Waals surface area contributed by atoms with Gasteiger partial charge in [0.2, 0.25) is 0 Å². The highest BCUT2D eigenvalue weighted by molar-refractivity contribution is 14.1. The summed E-state index contributed by atoms with van der Waals surface area (Å²) in [6, 6.07) is 0. The molecule has 0 saturated heterocycles. The first-order valence-corrected chi connectivity index (χ1v) is 12.9. The van der Waals surface area contributed by atoms with Gasteiger partial charge in [0.15, 0.2) is 0 Å². The van der Waals surface area contributed by atoms with Gasteiger partial charge in [-0.2, -0.15) is 0 Å². The van der Waals surface area contributed by atoms with Gasteiger partial charge in [0.25, 0.3) is 0 Å². The van der Waals surface area contributed by atoms with E-state index in [9.17, 15) is 0 Å². The molecule has 0 aliphatic heterocycles. The van der Waals surface area contributed by atoms with Gasteiger partial charge in [0.1, 0.15) is 6.79 Å². The molecule has 0 N–H and O–H groups in total. The van der Waals surface area contributed by atoms with Crippen molar-refractivity contribution in [2.24, 2.45) is 23.7 Å². The average Bonchev–Trinajstić information content (AvgIpc) is 2.55. The molecule has 27 heavy (non-hydrogen) atoms. The molecule has 0 spiro atoms. The molecule has 5 unspecified atom stereocenters. The van der Waals surface area contributed by atoms with Gasteiger partial charge in [0.05, 0.1) is 0 Å². The van der Waals surface area contributed by atoms with E-state index in [1.54, 1.807) is 0 Å². The van der Waals surface area contributed by atoms with Gasteiger partial charge < -0.3 is 9.47 Å². The lowest BCUT2D eigenvalue weighted by atomic mass is 9.84. The summed E-state index contributed by atoms with van der Waals surface area (Å²) in [6.45, 7) is 16.5. The number of hydrogen-bond donors (Lipinski definition) is 0. The Bertz CT molecular complexity index is 309. The van der Waals surface area contributed by atoms with E-state index in [4.69, 9.17) is 9.47 Å². The normalized spacial score (nSPS) is 17.4. The molecule has 0 aromatic carbocycles. The minimum Gasteiger partial charge on any atom is -0.355 e. The molecule has 0 saturated carbocycles. The van der Waals surface area contributed by atoms with Crippen molar-refractivity contribution >= 4 is 22.6 Å². The molecule has 0 aromatic rings. The molecule has 164 valence electrons. The van der Waals surface area contributed by atoms with E-state index in [1.165, 1.54) is 57.8 Å².